The monoisotopic (exact) mass is 467 g/mol. The molecule has 1 aliphatic heterocycles. The number of halogens is 1. The summed E-state index contributed by atoms with van der Waals surface area (Å²) in [5.41, 5.74) is 2.22. The van der Waals surface area contributed by atoms with Crippen LogP contribution in [0.3, 0.4) is 0 Å². The van der Waals surface area contributed by atoms with E-state index in [0.29, 0.717) is 6.04 Å². The molecule has 156 valence electrons. The number of carbonyl (C=O) groups excluding carboxylic acids is 1. The molecule has 2 fully saturated rings. The lowest BCUT2D eigenvalue weighted by molar-refractivity contribution is -0.118. The minimum atomic E-state index is -0.140. The molecular formula is C22H34BrN3OS. The number of aliphatic imine (C=N–C) groups is 1. The number of aryl methyl sites for hydroxylation is 1. The van der Waals surface area contributed by atoms with E-state index in [0.717, 1.165) is 23.0 Å². The molecule has 1 aromatic carbocycles. The molecule has 1 atom stereocenters. The van der Waals surface area contributed by atoms with Gasteiger partial charge >= 0.3 is 0 Å². The lowest BCUT2D eigenvalue weighted by Crippen LogP contribution is -2.40. The second-order valence-electron chi connectivity index (χ2n) is 7.78. The maximum Gasteiger partial charge on any atom is 0.248 e. The van der Waals surface area contributed by atoms with Crippen molar-refractivity contribution in [1.82, 2.24) is 4.90 Å². The van der Waals surface area contributed by atoms with Crippen LogP contribution in [0.5, 0.6) is 0 Å². The molecular weight excluding hydrogens is 434 g/mol. The third kappa shape index (κ3) is 6.51. The number of rotatable bonds is 6. The predicted molar refractivity (Wildman–Crippen MR) is 127 cm³/mol. The third-order valence-corrected chi connectivity index (χ3v) is 6.73. The highest BCUT2D eigenvalue weighted by molar-refractivity contribution is 8.93. The van der Waals surface area contributed by atoms with Gasteiger partial charge in [0.05, 0.1) is 6.04 Å². The van der Waals surface area contributed by atoms with Crippen LogP contribution in [0, 0.1) is 0 Å². The van der Waals surface area contributed by atoms with Crippen LogP contribution in [-0.4, -0.2) is 40.9 Å². The van der Waals surface area contributed by atoms with Gasteiger partial charge in [0.15, 0.2) is 5.17 Å². The Morgan fingerprint density at radius 3 is 2.50 bits per heavy atom. The highest BCUT2D eigenvalue weighted by Gasteiger charge is 2.33. The Morgan fingerprint density at radius 1 is 1.18 bits per heavy atom. The van der Waals surface area contributed by atoms with Gasteiger partial charge in [-0.15, -0.1) is 17.0 Å². The molecule has 1 amide bonds. The molecule has 1 saturated heterocycles. The van der Waals surface area contributed by atoms with Gasteiger partial charge in [-0.05, 0) is 43.4 Å². The predicted octanol–water partition coefficient (Wildman–Crippen LogP) is 5.67. The molecule has 4 nitrogen and oxygen atoms in total. The highest BCUT2D eigenvalue weighted by atomic mass is 79.9. The summed E-state index contributed by atoms with van der Waals surface area (Å²) < 4.78 is 0. The van der Waals surface area contributed by atoms with Crippen LogP contribution >= 0.6 is 28.7 Å². The van der Waals surface area contributed by atoms with Crippen molar-refractivity contribution < 1.29 is 4.79 Å². The first kappa shape index (κ1) is 23.3. The molecule has 3 rings (SSSR count). The van der Waals surface area contributed by atoms with Crippen molar-refractivity contribution in [2.45, 2.75) is 76.8 Å². The molecule has 1 N–H and O–H groups in total. The molecule has 0 spiro atoms. The number of nitrogens with one attached hydrogen (secondary N) is 1. The smallest absolute Gasteiger partial charge is 0.248 e. The van der Waals surface area contributed by atoms with Gasteiger partial charge in [0.1, 0.15) is 6.04 Å². The number of benzene rings is 1. The van der Waals surface area contributed by atoms with Crippen molar-refractivity contribution in [1.29, 1.82) is 0 Å². The second-order valence-corrected chi connectivity index (χ2v) is 8.77. The number of amidine groups is 1. The Balaban J connectivity index is 0.00000280. The van der Waals surface area contributed by atoms with E-state index in [4.69, 9.17) is 4.99 Å². The van der Waals surface area contributed by atoms with Crippen LogP contribution in [-0.2, 0) is 11.2 Å². The summed E-state index contributed by atoms with van der Waals surface area (Å²) in [4.78, 5) is 19.8. The van der Waals surface area contributed by atoms with Crippen molar-refractivity contribution >= 4 is 45.5 Å². The van der Waals surface area contributed by atoms with Crippen LogP contribution < -0.4 is 5.32 Å². The highest BCUT2D eigenvalue weighted by Crippen LogP contribution is 2.27. The number of amides is 1. The fourth-order valence-electron chi connectivity index (χ4n) is 3.78. The molecule has 1 aliphatic carbocycles. The Morgan fingerprint density at radius 2 is 1.86 bits per heavy atom. The summed E-state index contributed by atoms with van der Waals surface area (Å²) in [6.07, 6.45) is 11.2. The molecule has 0 radical (unpaired) electrons. The van der Waals surface area contributed by atoms with Crippen molar-refractivity contribution in [2.75, 3.05) is 18.1 Å². The van der Waals surface area contributed by atoms with E-state index < -0.39 is 0 Å². The number of hydrogen-bond donors (Lipinski definition) is 1. The topological polar surface area (TPSA) is 44.7 Å². The number of likely N-dealkylation sites (N-methyl/N-ethyl adjacent to an activating group) is 1. The number of carbonyl (C=O) groups is 1. The van der Waals surface area contributed by atoms with Gasteiger partial charge in [0, 0.05) is 18.5 Å². The van der Waals surface area contributed by atoms with E-state index in [1.165, 1.54) is 56.9 Å². The van der Waals surface area contributed by atoms with Gasteiger partial charge < -0.3 is 10.2 Å². The summed E-state index contributed by atoms with van der Waals surface area (Å²) in [6, 6.07) is 8.58. The van der Waals surface area contributed by atoms with Crippen molar-refractivity contribution in [3.8, 4) is 0 Å². The van der Waals surface area contributed by atoms with Gasteiger partial charge in [0.25, 0.3) is 0 Å². The number of unbranched alkanes of at least 4 members (excludes halogenated alkanes) is 1. The van der Waals surface area contributed by atoms with Crippen molar-refractivity contribution in [3.63, 3.8) is 0 Å². The van der Waals surface area contributed by atoms with Crippen LogP contribution in [0.15, 0.2) is 29.3 Å². The standard InChI is InChI=1S/C22H33N3OS.BrH/c1-3-4-9-17-12-14-19(15-13-17)23-21(26)20-16-27-22(25(20)2)24-18-10-7-5-6-8-11-18;/h12-15,18,20H,3-11,16H2,1-2H3,(H,23,26);1H. The SMILES string of the molecule is Br.CCCCc1ccc(NC(=O)C2CSC(=NC3CCCCCC3)N2C)cc1. The molecule has 2 aliphatic rings. The Hall–Kier alpha value is -1.01. The molecule has 0 bridgehead atoms. The quantitative estimate of drug-likeness (QED) is 0.547. The average molecular weight is 469 g/mol. The summed E-state index contributed by atoms with van der Waals surface area (Å²) in [7, 11) is 2.01. The molecule has 1 aromatic rings. The maximum atomic E-state index is 12.8. The van der Waals surface area contributed by atoms with E-state index in [2.05, 4.69) is 29.3 Å². The van der Waals surface area contributed by atoms with E-state index in [1.54, 1.807) is 11.8 Å². The molecule has 1 unspecified atom stereocenters. The lowest BCUT2D eigenvalue weighted by Gasteiger charge is -2.21. The van der Waals surface area contributed by atoms with Gasteiger partial charge in [-0.1, -0.05) is 62.9 Å². The molecule has 0 aromatic heterocycles. The Bertz CT molecular complexity index is 642. The number of anilines is 1. The summed E-state index contributed by atoms with van der Waals surface area (Å²) in [6.45, 7) is 2.21. The zero-order valence-corrected chi connectivity index (χ0v) is 19.7. The van der Waals surface area contributed by atoms with E-state index in [-0.39, 0.29) is 28.9 Å². The van der Waals surface area contributed by atoms with Crippen LogP contribution in [0.4, 0.5) is 5.69 Å². The fourth-order valence-corrected chi connectivity index (χ4v) is 5.02. The van der Waals surface area contributed by atoms with Gasteiger partial charge in [0.2, 0.25) is 5.91 Å². The number of thioether (sulfide) groups is 1. The zero-order chi connectivity index (χ0) is 19.1. The van der Waals surface area contributed by atoms with E-state index >= 15 is 0 Å². The Kier molecular flexibility index (Phi) is 9.86. The lowest BCUT2D eigenvalue weighted by atomic mass is 10.1. The van der Waals surface area contributed by atoms with Crippen LogP contribution in [0.25, 0.3) is 0 Å². The molecule has 6 heteroatoms. The largest absolute Gasteiger partial charge is 0.342 e. The first-order chi connectivity index (χ1) is 13.2. The van der Waals surface area contributed by atoms with Crippen LogP contribution in [0.1, 0.15) is 63.9 Å². The molecule has 1 heterocycles. The minimum Gasteiger partial charge on any atom is -0.342 e. The zero-order valence-electron chi connectivity index (χ0n) is 17.2. The second kappa shape index (κ2) is 11.9. The number of hydrogen-bond acceptors (Lipinski definition) is 3. The van der Waals surface area contributed by atoms with Gasteiger partial charge in [-0.2, -0.15) is 0 Å². The summed E-state index contributed by atoms with van der Waals surface area (Å²) in [5.74, 6) is 0.847. The third-order valence-electron chi connectivity index (χ3n) is 5.60. The fraction of sp³-hybridized carbons (Fsp3) is 0.636. The first-order valence-corrected chi connectivity index (χ1v) is 11.5. The van der Waals surface area contributed by atoms with Gasteiger partial charge in [-0.25, -0.2) is 0 Å². The van der Waals surface area contributed by atoms with E-state index in [1.807, 2.05) is 19.2 Å². The van der Waals surface area contributed by atoms with Crippen molar-refractivity contribution in [3.05, 3.63) is 29.8 Å². The number of nitrogens with zero attached hydrogens (tertiary/aromatic N) is 2. The summed E-state index contributed by atoms with van der Waals surface area (Å²) >= 11 is 1.72. The van der Waals surface area contributed by atoms with E-state index in [9.17, 15) is 4.79 Å². The Labute approximate surface area is 184 Å². The summed E-state index contributed by atoms with van der Waals surface area (Å²) in [5, 5.41) is 4.12. The minimum absolute atomic E-state index is 0. The van der Waals surface area contributed by atoms with Gasteiger partial charge in [-0.3, -0.25) is 9.79 Å². The normalized spacial score (nSPS) is 22.0. The molecule has 28 heavy (non-hydrogen) atoms. The van der Waals surface area contributed by atoms with Crippen molar-refractivity contribution in [2.24, 2.45) is 4.99 Å². The maximum absolute atomic E-state index is 12.8. The average Bonchev–Trinajstić information content (AvgIpc) is 2.87. The van der Waals surface area contributed by atoms with Crippen LogP contribution in [0.2, 0.25) is 0 Å². The first-order valence-electron chi connectivity index (χ1n) is 10.5. The molecule has 1 saturated carbocycles.